The van der Waals surface area contributed by atoms with Crippen molar-refractivity contribution in [2.75, 3.05) is 20.2 Å². The minimum absolute atomic E-state index is 0.448. The van der Waals surface area contributed by atoms with Crippen LogP contribution in [0, 0.1) is 6.92 Å². The van der Waals surface area contributed by atoms with Crippen LogP contribution in [0.2, 0.25) is 0 Å². The van der Waals surface area contributed by atoms with Crippen molar-refractivity contribution in [3.8, 4) is 28.8 Å². The summed E-state index contributed by atoms with van der Waals surface area (Å²) in [4.78, 5) is 11.0. The van der Waals surface area contributed by atoms with Crippen molar-refractivity contribution in [1.82, 2.24) is 20.0 Å². The molecular weight excluding hydrogens is 344 g/mol. The first-order valence-electron chi connectivity index (χ1n) is 9.05. The minimum Gasteiger partial charge on any atom is -0.496 e. The van der Waals surface area contributed by atoms with Crippen molar-refractivity contribution >= 4 is 0 Å². The molecule has 0 radical (unpaired) electrons. The zero-order valence-electron chi connectivity index (χ0n) is 15.5. The third kappa shape index (κ3) is 4.09. The van der Waals surface area contributed by atoms with Crippen LogP contribution >= 0.6 is 0 Å². The third-order valence-electron chi connectivity index (χ3n) is 4.58. The van der Waals surface area contributed by atoms with Crippen LogP contribution in [0.5, 0.6) is 17.4 Å². The van der Waals surface area contributed by atoms with E-state index in [9.17, 15) is 0 Å². The van der Waals surface area contributed by atoms with Crippen molar-refractivity contribution in [1.29, 1.82) is 0 Å². The fraction of sp³-hybridized carbons (Fsp3) is 0.350. The number of pyridine rings is 1. The van der Waals surface area contributed by atoms with Gasteiger partial charge in [0.05, 0.1) is 7.11 Å². The maximum atomic E-state index is 5.98. The summed E-state index contributed by atoms with van der Waals surface area (Å²) in [7, 11) is 1.70. The second kappa shape index (κ2) is 7.75. The summed E-state index contributed by atoms with van der Waals surface area (Å²) in [5, 5.41) is 3.82. The Morgan fingerprint density at radius 1 is 1.15 bits per heavy atom. The number of hydrogen-bond acceptors (Lipinski definition) is 7. The molecule has 7 heteroatoms. The fourth-order valence-electron chi connectivity index (χ4n) is 3.26. The van der Waals surface area contributed by atoms with Gasteiger partial charge in [-0.15, -0.1) is 0 Å². The smallest absolute Gasteiger partial charge is 0.258 e. The second-order valence-corrected chi connectivity index (χ2v) is 6.59. The molecule has 7 nitrogen and oxygen atoms in total. The van der Waals surface area contributed by atoms with E-state index in [0.29, 0.717) is 17.6 Å². The van der Waals surface area contributed by atoms with E-state index in [1.54, 1.807) is 26.3 Å². The van der Waals surface area contributed by atoms with Crippen molar-refractivity contribution in [3.05, 3.63) is 47.9 Å². The molecule has 3 aromatic rings. The van der Waals surface area contributed by atoms with E-state index in [4.69, 9.17) is 14.0 Å². The molecular formula is C20H22N4O3. The molecule has 140 valence electrons. The number of methoxy groups -OCH3 is 1. The summed E-state index contributed by atoms with van der Waals surface area (Å²) in [6.07, 6.45) is 4.17. The first kappa shape index (κ1) is 17.5. The minimum atomic E-state index is 0.448. The summed E-state index contributed by atoms with van der Waals surface area (Å²) < 4.78 is 16.7. The van der Waals surface area contributed by atoms with Gasteiger partial charge in [0.2, 0.25) is 5.88 Å². The summed E-state index contributed by atoms with van der Waals surface area (Å²) in [6, 6.07) is 9.44. The molecule has 1 aliphatic heterocycles. The summed E-state index contributed by atoms with van der Waals surface area (Å²) in [5.41, 5.74) is 1.88. The Hall–Kier alpha value is -2.93. The van der Waals surface area contributed by atoms with Gasteiger partial charge in [0.1, 0.15) is 11.5 Å². The Morgan fingerprint density at radius 3 is 2.74 bits per heavy atom. The van der Waals surface area contributed by atoms with Gasteiger partial charge in [0.15, 0.2) is 5.82 Å². The van der Waals surface area contributed by atoms with Gasteiger partial charge in [-0.2, -0.15) is 4.98 Å². The van der Waals surface area contributed by atoms with Gasteiger partial charge in [-0.25, -0.2) is 4.98 Å². The van der Waals surface area contributed by atoms with Gasteiger partial charge in [0.25, 0.3) is 5.89 Å². The molecule has 1 saturated heterocycles. The van der Waals surface area contributed by atoms with E-state index < -0.39 is 0 Å². The van der Waals surface area contributed by atoms with Gasteiger partial charge >= 0.3 is 0 Å². The van der Waals surface area contributed by atoms with Crippen LogP contribution in [0.1, 0.15) is 24.2 Å². The molecule has 0 spiro atoms. The lowest BCUT2D eigenvalue weighted by Gasteiger charge is -2.17. The Bertz CT molecular complexity index is 919. The highest BCUT2D eigenvalue weighted by Crippen LogP contribution is 2.30. The molecule has 1 fully saturated rings. The molecule has 1 aromatic carbocycles. The van der Waals surface area contributed by atoms with E-state index in [2.05, 4.69) is 20.0 Å². The molecule has 4 rings (SSSR count). The Morgan fingerprint density at radius 2 is 2.00 bits per heavy atom. The lowest BCUT2D eigenvalue weighted by molar-refractivity contribution is 0.320. The van der Waals surface area contributed by atoms with Gasteiger partial charge in [-0.3, -0.25) is 4.90 Å². The molecule has 27 heavy (non-hydrogen) atoms. The van der Waals surface area contributed by atoms with E-state index in [1.165, 1.54) is 12.8 Å². The molecule has 0 bridgehead atoms. The Kier molecular flexibility index (Phi) is 5.02. The number of benzene rings is 1. The predicted octanol–water partition coefficient (Wildman–Crippen LogP) is 3.84. The average Bonchev–Trinajstić information content (AvgIpc) is 3.34. The quantitative estimate of drug-likeness (QED) is 0.656. The second-order valence-electron chi connectivity index (χ2n) is 6.59. The molecule has 0 atom stereocenters. The number of aryl methyl sites for hydroxylation is 1. The molecule has 0 unspecified atom stereocenters. The summed E-state index contributed by atoms with van der Waals surface area (Å²) in [5.74, 6) is 3.10. The standard InChI is InChI=1S/C20H22N4O3/c1-14-22-20(27-23-14)15-7-8-21-19(12-15)26-17-5-6-18(25-2)16(11-17)13-24-9-3-4-10-24/h5-8,11-12H,3-4,9-10,13H2,1-2H3. The van der Waals surface area contributed by atoms with Crippen LogP contribution in [0.3, 0.4) is 0 Å². The number of rotatable bonds is 6. The maximum absolute atomic E-state index is 5.98. The van der Waals surface area contributed by atoms with Crippen molar-refractivity contribution in [2.24, 2.45) is 0 Å². The lowest BCUT2D eigenvalue weighted by Crippen LogP contribution is -2.18. The first-order chi connectivity index (χ1) is 13.2. The number of aromatic nitrogens is 3. The number of ether oxygens (including phenoxy) is 2. The van der Waals surface area contributed by atoms with Gasteiger partial charge < -0.3 is 14.0 Å². The molecule has 0 saturated carbocycles. The topological polar surface area (TPSA) is 73.5 Å². The first-order valence-corrected chi connectivity index (χ1v) is 9.05. The molecule has 3 heterocycles. The van der Waals surface area contributed by atoms with Gasteiger partial charge in [-0.1, -0.05) is 5.16 Å². The zero-order chi connectivity index (χ0) is 18.6. The van der Waals surface area contributed by atoms with Crippen molar-refractivity contribution in [3.63, 3.8) is 0 Å². The molecule has 2 aromatic heterocycles. The largest absolute Gasteiger partial charge is 0.496 e. The van der Waals surface area contributed by atoms with Crippen LogP contribution in [0.15, 0.2) is 41.1 Å². The van der Waals surface area contributed by atoms with E-state index in [1.807, 2.05) is 24.3 Å². The number of nitrogens with zero attached hydrogens (tertiary/aromatic N) is 4. The highest BCUT2D eigenvalue weighted by molar-refractivity contribution is 5.54. The molecule has 0 N–H and O–H groups in total. The number of likely N-dealkylation sites (tertiary alicyclic amines) is 1. The average molecular weight is 366 g/mol. The molecule has 1 aliphatic rings. The van der Waals surface area contributed by atoms with E-state index in [-0.39, 0.29) is 0 Å². The van der Waals surface area contributed by atoms with Crippen LogP contribution < -0.4 is 9.47 Å². The SMILES string of the molecule is COc1ccc(Oc2cc(-c3nc(C)no3)ccn2)cc1CN1CCCC1. The number of hydrogen-bond donors (Lipinski definition) is 0. The Balaban J connectivity index is 1.55. The van der Waals surface area contributed by atoms with Crippen LogP contribution in [-0.2, 0) is 6.54 Å². The van der Waals surface area contributed by atoms with Crippen molar-refractivity contribution in [2.45, 2.75) is 26.3 Å². The predicted molar refractivity (Wildman–Crippen MR) is 99.8 cm³/mol. The summed E-state index contributed by atoms with van der Waals surface area (Å²) >= 11 is 0. The lowest BCUT2D eigenvalue weighted by atomic mass is 10.1. The third-order valence-corrected chi connectivity index (χ3v) is 4.58. The molecule has 0 aliphatic carbocycles. The van der Waals surface area contributed by atoms with Crippen LogP contribution in [0.25, 0.3) is 11.5 Å². The van der Waals surface area contributed by atoms with Gasteiger partial charge in [-0.05, 0) is 57.1 Å². The van der Waals surface area contributed by atoms with Gasteiger partial charge in [0, 0.05) is 29.9 Å². The maximum Gasteiger partial charge on any atom is 0.258 e. The van der Waals surface area contributed by atoms with E-state index in [0.717, 1.165) is 42.3 Å². The van der Waals surface area contributed by atoms with E-state index >= 15 is 0 Å². The normalized spacial score (nSPS) is 14.4. The van der Waals surface area contributed by atoms with Crippen molar-refractivity contribution < 1.29 is 14.0 Å². The molecule has 0 amide bonds. The van der Waals surface area contributed by atoms with Crippen LogP contribution in [0.4, 0.5) is 0 Å². The summed E-state index contributed by atoms with van der Waals surface area (Å²) in [6.45, 7) is 4.89. The monoisotopic (exact) mass is 366 g/mol. The fourth-order valence-corrected chi connectivity index (χ4v) is 3.26. The highest BCUT2D eigenvalue weighted by Gasteiger charge is 2.15. The van der Waals surface area contributed by atoms with Crippen LogP contribution in [-0.4, -0.2) is 40.2 Å². The Labute approximate surface area is 157 Å². The highest BCUT2D eigenvalue weighted by atomic mass is 16.5. The zero-order valence-corrected chi connectivity index (χ0v) is 15.5.